The summed E-state index contributed by atoms with van der Waals surface area (Å²) in [6.07, 6.45) is 44.2. The van der Waals surface area contributed by atoms with Gasteiger partial charge in [-0.15, -0.1) is 0 Å². The quantitative estimate of drug-likeness (QED) is 0.0151. The van der Waals surface area contributed by atoms with E-state index < -0.39 is 44.7 Å². The van der Waals surface area contributed by atoms with Crippen LogP contribution in [0.4, 0.5) is 0 Å². The summed E-state index contributed by atoms with van der Waals surface area (Å²) in [6.45, 7) is 3.82. The van der Waals surface area contributed by atoms with E-state index in [1.54, 1.807) is 18.2 Å². The largest absolute Gasteiger partial charge is 0.756 e. The van der Waals surface area contributed by atoms with Crippen LogP contribution in [0.1, 0.15) is 168 Å². The van der Waals surface area contributed by atoms with Crippen molar-refractivity contribution in [3.05, 3.63) is 72.9 Å². The zero-order chi connectivity index (χ0) is 46.0. The van der Waals surface area contributed by atoms with Crippen molar-refractivity contribution in [2.24, 2.45) is 0 Å². The van der Waals surface area contributed by atoms with Crippen molar-refractivity contribution in [1.82, 2.24) is 0 Å². The Morgan fingerprint density at radius 2 is 1.10 bits per heavy atom. The lowest BCUT2D eigenvalue weighted by atomic mass is 10.1. The predicted molar refractivity (Wildman–Crippen MR) is 252 cm³/mol. The van der Waals surface area contributed by atoms with Crippen LogP contribution in [0.3, 0.4) is 0 Å². The molecule has 0 aliphatic carbocycles. The molecule has 0 aromatic rings. The number of aliphatic hydroxyl groups excluding tert-OH is 2. The molecule has 62 heavy (non-hydrogen) atoms. The predicted octanol–water partition coefficient (Wildman–Crippen LogP) is 11.1. The fourth-order valence-electron chi connectivity index (χ4n) is 6.07. The number of allylic oxidation sites excluding steroid dienone is 10. The highest BCUT2D eigenvalue weighted by atomic mass is 31.2. The van der Waals surface area contributed by atoms with Gasteiger partial charge >= 0.3 is 11.9 Å². The third kappa shape index (κ3) is 44.0. The number of phosphoric ester groups is 1. The van der Waals surface area contributed by atoms with Gasteiger partial charge in [0.2, 0.25) is 0 Å². The Kier molecular flexibility index (Phi) is 39.4. The smallest absolute Gasteiger partial charge is 0.306 e. The number of quaternary nitrogens is 1. The molecule has 0 aliphatic rings. The topological polar surface area (TPSA) is 152 Å². The molecule has 0 rings (SSSR count). The molecule has 0 heterocycles. The second-order valence-corrected chi connectivity index (χ2v) is 18.6. The van der Waals surface area contributed by atoms with Gasteiger partial charge < -0.3 is 38.1 Å². The highest BCUT2D eigenvalue weighted by molar-refractivity contribution is 7.45. The molecule has 0 saturated heterocycles. The van der Waals surface area contributed by atoms with E-state index in [9.17, 15) is 29.3 Å². The summed E-state index contributed by atoms with van der Waals surface area (Å²) in [4.78, 5) is 37.7. The molecular weight excluding hydrogens is 806 g/mol. The van der Waals surface area contributed by atoms with Gasteiger partial charge in [0, 0.05) is 12.8 Å². The molecule has 0 aromatic heterocycles. The Labute approximate surface area is 377 Å². The molecular formula is C50H88NO10P. The average molecular weight is 894 g/mol. The maximum atomic E-state index is 12.7. The number of esters is 2. The van der Waals surface area contributed by atoms with Crippen LogP contribution in [0.2, 0.25) is 0 Å². The minimum Gasteiger partial charge on any atom is -0.756 e. The molecule has 2 N–H and O–H groups in total. The molecule has 0 radical (unpaired) electrons. The summed E-state index contributed by atoms with van der Waals surface area (Å²) in [5, 5.41) is 20.2. The van der Waals surface area contributed by atoms with E-state index in [0.717, 1.165) is 57.8 Å². The van der Waals surface area contributed by atoms with Gasteiger partial charge in [-0.1, -0.05) is 164 Å². The fourth-order valence-corrected chi connectivity index (χ4v) is 6.80. The number of carbonyl (C=O) groups excluding carboxylic acids is 2. The van der Waals surface area contributed by atoms with Crippen molar-refractivity contribution in [3.63, 3.8) is 0 Å². The second-order valence-electron chi connectivity index (χ2n) is 17.2. The maximum Gasteiger partial charge on any atom is 0.306 e. The van der Waals surface area contributed by atoms with Crippen molar-refractivity contribution in [2.45, 2.75) is 186 Å². The van der Waals surface area contributed by atoms with E-state index in [0.29, 0.717) is 36.7 Å². The Balaban J connectivity index is 4.54. The van der Waals surface area contributed by atoms with Crippen molar-refractivity contribution in [3.8, 4) is 0 Å². The van der Waals surface area contributed by atoms with E-state index in [2.05, 4.69) is 38.2 Å². The minimum absolute atomic E-state index is 0.0272. The van der Waals surface area contributed by atoms with Gasteiger partial charge in [-0.2, -0.15) is 0 Å². The van der Waals surface area contributed by atoms with Crippen LogP contribution in [0.25, 0.3) is 0 Å². The first-order valence-corrected chi connectivity index (χ1v) is 25.3. The van der Waals surface area contributed by atoms with Gasteiger partial charge in [-0.25, -0.2) is 0 Å². The molecule has 12 heteroatoms. The van der Waals surface area contributed by atoms with Crippen molar-refractivity contribution < 1.29 is 52.3 Å². The lowest BCUT2D eigenvalue weighted by molar-refractivity contribution is -0.870. The van der Waals surface area contributed by atoms with E-state index in [4.69, 9.17) is 18.5 Å². The van der Waals surface area contributed by atoms with E-state index >= 15 is 0 Å². The Hall–Kier alpha value is -2.63. The van der Waals surface area contributed by atoms with Crippen molar-refractivity contribution in [2.75, 3.05) is 47.5 Å². The molecule has 0 saturated carbocycles. The monoisotopic (exact) mass is 894 g/mol. The van der Waals surface area contributed by atoms with Gasteiger partial charge in [0.05, 0.1) is 40.0 Å². The van der Waals surface area contributed by atoms with Crippen LogP contribution in [-0.4, -0.2) is 92.5 Å². The Morgan fingerprint density at radius 1 is 0.597 bits per heavy atom. The summed E-state index contributed by atoms with van der Waals surface area (Å²) in [6, 6.07) is 0. The van der Waals surface area contributed by atoms with Crippen LogP contribution >= 0.6 is 7.82 Å². The van der Waals surface area contributed by atoms with E-state index in [1.807, 2.05) is 51.5 Å². The van der Waals surface area contributed by atoms with Crippen LogP contribution in [0, 0.1) is 0 Å². The van der Waals surface area contributed by atoms with Crippen LogP contribution in [0.5, 0.6) is 0 Å². The Bertz CT molecular complexity index is 1320. The molecule has 0 spiro atoms. The standard InChI is InChI=1S/C50H88NO10P/c1-6-8-10-11-12-13-14-15-16-17-18-19-20-21-22-23-27-30-34-40-49(54)58-44-48(45-60-62(56,57)59-43-42-51(3,4)5)61-50(55)41-35-39-47(53)38-33-29-26-24-25-28-32-37-46(52)36-31-9-7-2/h12-13,15-16,25-26,28-29,32-33,37-38,46-48,52-53H,6-11,14,17-24,27,30-31,34-36,39-45H2,1-5H3/b13-12-,16-15-,28-25-,29-26-,37-32+,38-33+/t46-,47-,48-/m1/s1. The molecule has 0 aliphatic heterocycles. The zero-order valence-electron chi connectivity index (χ0n) is 39.5. The fraction of sp³-hybridized carbons (Fsp3) is 0.720. The van der Waals surface area contributed by atoms with Gasteiger partial charge in [0.25, 0.3) is 7.82 Å². The summed E-state index contributed by atoms with van der Waals surface area (Å²) in [5.74, 6) is -1.07. The third-order valence-corrected chi connectivity index (χ3v) is 10.9. The molecule has 4 atom stereocenters. The van der Waals surface area contributed by atoms with E-state index in [1.165, 1.54) is 57.8 Å². The summed E-state index contributed by atoms with van der Waals surface area (Å²) in [7, 11) is 1.01. The molecule has 11 nitrogen and oxygen atoms in total. The zero-order valence-corrected chi connectivity index (χ0v) is 40.4. The molecule has 1 unspecified atom stereocenters. The molecule has 0 aromatic carbocycles. The molecule has 0 amide bonds. The SMILES string of the molecule is CCCCC/C=C\C/C=C\CCCCCCCCCCCC(=O)OC[C@H](COP(=O)([O-])OCC[N+](C)(C)C)OC(=O)CCC[C@H](O)/C=C/C=C\C/C=C\C=C\[C@H](O)CCCCC. The number of phosphoric acid groups is 1. The summed E-state index contributed by atoms with van der Waals surface area (Å²) < 4.78 is 33.8. The summed E-state index contributed by atoms with van der Waals surface area (Å²) in [5.41, 5.74) is 0. The van der Waals surface area contributed by atoms with Gasteiger partial charge in [-0.3, -0.25) is 14.2 Å². The minimum atomic E-state index is -4.70. The van der Waals surface area contributed by atoms with Crippen LogP contribution in [0.15, 0.2) is 72.9 Å². The second kappa shape index (κ2) is 41.1. The van der Waals surface area contributed by atoms with Gasteiger partial charge in [-0.05, 0) is 64.2 Å². The number of aliphatic hydroxyl groups is 2. The Morgan fingerprint density at radius 3 is 1.68 bits per heavy atom. The lowest BCUT2D eigenvalue weighted by Crippen LogP contribution is -2.37. The molecule has 358 valence electrons. The number of unbranched alkanes of at least 4 members (excludes halogenated alkanes) is 14. The van der Waals surface area contributed by atoms with E-state index in [-0.39, 0.29) is 26.1 Å². The molecule has 0 fully saturated rings. The highest BCUT2D eigenvalue weighted by Crippen LogP contribution is 2.38. The average Bonchev–Trinajstić information content (AvgIpc) is 3.21. The first-order chi connectivity index (χ1) is 29.8. The maximum absolute atomic E-state index is 12.7. The third-order valence-electron chi connectivity index (χ3n) is 9.91. The normalized spacial score (nSPS) is 15.2. The number of hydrogen-bond acceptors (Lipinski definition) is 10. The number of ether oxygens (including phenoxy) is 2. The number of hydrogen-bond donors (Lipinski definition) is 2. The van der Waals surface area contributed by atoms with Gasteiger partial charge in [0.1, 0.15) is 19.8 Å². The summed E-state index contributed by atoms with van der Waals surface area (Å²) >= 11 is 0. The number of nitrogens with zero attached hydrogens (tertiary/aromatic N) is 1. The van der Waals surface area contributed by atoms with Crippen LogP contribution < -0.4 is 4.89 Å². The van der Waals surface area contributed by atoms with Crippen molar-refractivity contribution in [1.29, 1.82) is 0 Å². The van der Waals surface area contributed by atoms with Crippen molar-refractivity contribution >= 4 is 19.8 Å². The first kappa shape index (κ1) is 59.4. The lowest BCUT2D eigenvalue weighted by Gasteiger charge is -2.28. The van der Waals surface area contributed by atoms with Crippen LogP contribution in [-0.2, 0) is 32.7 Å². The number of carbonyl (C=O) groups is 2. The number of likely N-dealkylation sites (N-methyl/N-ethyl adjacent to an activating group) is 1. The van der Waals surface area contributed by atoms with Gasteiger partial charge in [0.15, 0.2) is 6.10 Å². The number of rotatable bonds is 42. The highest BCUT2D eigenvalue weighted by Gasteiger charge is 2.22. The molecule has 0 bridgehead atoms. The first-order valence-electron chi connectivity index (χ1n) is 23.9.